The number of carbonyl (C=O) groups is 1. The average molecular weight is 303 g/mol. The van der Waals surface area contributed by atoms with Gasteiger partial charge in [0, 0.05) is 52.7 Å². The Labute approximate surface area is 121 Å². The molecule has 0 aromatic carbocycles. The Balaban J connectivity index is 1.69. The van der Waals surface area contributed by atoms with Gasteiger partial charge in [0.05, 0.1) is 11.5 Å². The van der Waals surface area contributed by atoms with Crippen LogP contribution in [0.4, 0.5) is 0 Å². The van der Waals surface area contributed by atoms with Gasteiger partial charge in [-0.2, -0.15) is 0 Å². The first-order valence-corrected chi connectivity index (χ1v) is 9.16. The Morgan fingerprint density at radius 1 is 1.35 bits per heavy atom. The van der Waals surface area contributed by atoms with E-state index in [4.69, 9.17) is 0 Å². The standard InChI is InChI=1S/C13H25N3O3S/c1-15(7-8-16-5-3-14-4-6-16)13(17)10-12-2-9-20(18,19)11-12/h12,14H,2-11H2,1H3. The van der Waals surface area contributed by atoms with E-state index in [1.54, 1.807) is 4.90 Å². The fourth-order valence-corrected chi connectivity index (χ4v) is 4.65. The van der Waals surface area contributed by atoms with Crippen LogP contribution in [-0.2, 0) is 14.6 Å². The van der Waals surface area contributed by atoms with Crippen LogP contribution in [0, 0.1) is 5.92 Å². The van der Waals surface area contributed by atoms with Crippen molar-refractivity contribution < 1.29 is 13.2 Å². The molecule has 6 nitrogen and oxygen atoms in total. The molecule has 0 saturated carbocycles. The van der Waals surface area contributed by atoms with Crippen molar-refractivity contribution in [3.05, 3.63) is 0 Å². The molecule has 2 fully saturated rings. The summed E-state index contributed by atoms with van der Waals surface area (Å²) < 4.78 is 22.8. The molecule has 1 amide bonds. The van der Waals surface area contributed by atoms with Crippen LogP contribution >= 0.6 is 0 Å². The molecule has 2 heterocycles. The molecule has 0 bridgehead atoms. The van der Waals surface area contributed by atoms with Crippen molar-refractivity contribution in [2.75, 3.05) is 57.8 Å². The third kappa shape index (κ3) is 4.71. The van der Waals surface area contributed by atoms with E-state index < -0.39 is 9.84 Å². The summed E-state index contributed by atoms with van der Waals surface area (Å²) in [5.74, 6) is 0.524. The van der Waals surface area contributed by atoms with Gasteiger partial charge in [-0.1, -0.05) is 0 Å². The van der Waals surface area contributed by atoms with Gasteiger partial charge < -0.3 is 10.2 Å². The minimum atomic E-state index is -2.88. The largest absolute Gasteiger partial charge is 0.344 e. The molecule has 0 aromatic rings. The van der Waals surface area contributed by atoms with E-state index in [0.717, 1.165) is 39.3 Å². The van der Waals surface area contributed by atoms with Crippen LogP contribution in [0.3, 0.4) is 0 Å². The zero-order chi connectivity index (χ0) is 14.6. The van der Waals surface area contributed by atoms with E-state index in [0.29, 0.717) is 12.8 Å². The topological polar surface area (TPSA) is 69.7 Å². The zero-order valence-electron chi connectivity index (χ0n) is 12.2. The molecular formula is C13H25N3O3S. The number of sulfone groups is 1. The monoisotopic (exact) mass is 303 g/mol. The summed E-state index contributed by atoms with van der Waals surface area (Å²) in [6.07, 6.45) is 1.01. The van der Waals surface area contributed by atoms with Gasteiger partial charge in [-0.15, -0.1) is 0 Å². The van der Waals surface area contributed by atoms with Gasteiger partial charge in [0.2, 0.25) is 5.91 Å². The van der Waals surface area contributed by atoms with Crippen molar-refractivity contribution in [1.82, 2.24) is 15.1 Å². The van der Waals surface area contributed by atoms with Crippen LogP contribution in [0.5, 0.6) is 0 Å². The van der Waals surface area contributed by atoms with E-state index in [9.17, 15) is 13.2 Å². The first-order chi connectivity index (χ1) is 9.46. The lowest BCUT2D eigenvalue weighted by molar-refractivity contribution is -0.130. The molecule has 0 spiro atoms. The molecule has 0 aliphatic carbocycles. The van der Waals surface area contributed by atoms with E-state index in [2.05, 4.69) is 10.2 Å². The fraction of sp³-hybridized carbons (Fsp3) is 0.923. The Kier molecular flexibility index (Phi) is 5.40. The number of piperazine rings is 1. The number of likely N-dealkylation sites (N-methyl/N-ethyl adjacent to an activating group) is 1. The van der Waals surface area contributed by atoms with Crippen molar-refractivity contribution in [2.24, 2.45) is 5.92 Å². The minimum absolute atomic E-state index is 0.0223. The molecule has 2 aliphatic rings. The number of nitrogens with one attached hydrogen (secondary N) is 1. The van der Waals surface area contributed by atoms with Gasteiger partial charge >= 0.3 is 0 Å². The fourth-order valence-electron chi connectivity index (χ4n) is 2.79. The predicted molar refractivity (Wildman–Crippen MR) is 78.3 cm³/mol. The first kappa shape index (κ1) is 15.7. The van der Waals surface area contributed by atoms with Gasteiger partial charge in [0.1, 0.15) is 0 Å². The van der Waals surface area contributed by atoms with Crippen LogP contribution in [-0.4, -0.2) is 81.9 Å². The summed E-state index contributed by atoms with van der Waals surface area (Å²) in [4.78, 5) is 16.2. The molecule has 0 aromatic heterocycles. The third-order valence-electron chi connectivity index (χ3n) is 4.18. The van der Waals surface area contributed by atoms with E-state index in [1.807, 2.05) is 7.05 Å². The lowest BCUT2D eigenvalue weighted by Gasteiger charge is -2.29. The molecule has 7 heteroatoms. The van der Waals surface area contributed by atoms with Crippen molar-refractivity contribution in [3.8, 4) is 0 Å². The highest BCUT2D eigenvalue weighted by Gasteiger charge is 2.30. The summed E-state index contributed by atoms with van der Waals surface area (Å²) in [6, 6.07) is 0. The number of nitrogens with zero attached hydrogens (tertiary/aromatic N) is 2. The zero-order valence-corrected chi connectivity index (χ0v) is 13.0. The Morgan fingerprint density at radius 2 is 2.05 bits per heavy atom. The lowest BCUT2D eigenvalue weighted by Crippen LogP contribution is -2.46. The molecule has 1 N–H and O–H groups in total. The maximum Gasteiger partial charge on any atom is 0.222 e. The van der Waals surface area contributed by atoms with Crippen LogP contribution in [0.2, 0.25) is 0 Å². The van der Waals surface area contributed by atoms with Crippen LogP contribution in [0.25, 0.3) is 0 Å². The second kappa shape index (κ2) is 6.87. The molecule has 2 saturated heterocycles. The highest BCUT2D eigenvalue weighted by molar-refractivity contribution is 7.91. The number of rotatable bonds is 5. The van der Waals surface area contributed by atoms with Crippen molar-refractivity contribution in [1.29, 1.82) is 0 Å². The first-order valence-electron chi connectivity index (χ1n) is 7.34. The van der Waals surface area contributed by atoms with Gasteiger partial charge in [-0.25, -0.2) is 8.42 Å². The smallest absolute Gasteiger partial charge is 0.222 e. The molecule has 20 heavy (non-hydrogen) atoms. The van der Waals surface area contributed by atoms with Crippen LogP contribution < -0.4 is 5.32 Å². The Morgan fingerprint density at radius 3 is 2.65 bits per heavy atom. The molecule has 0 radical (unpaired) electrons. The third-order valence-corrected chi connectivity index (χ3v) is 6.01. The molecule has 1 unspecified atom stereocenters. The van der Waals surface area contributed by atoms with E-state index >= 15 is 0 Å². The summed E-state index contributed by atoms with van der Waals surface area (Å²) >= 11 is 0. The SMILES string of the molecule is CN(CCN1CCNCC1)C(=O)CC1CCS(=O)(=O)C1. The molecule has 2 rings (SSSR count). The quantitative estimate of drug-likeness (QED) is 0.718. The van der Waals surface area contributed by atoms with Crippen molar-refractivity contribution in [3.63, 3.8) is 0 Å². The van der Waals surface area contributed by atoms with Crippen LogP contribution in [0.1, 0.15) is 12.8 Å². The summed E-state index contributed by atoms with van der Waals surface area (Å²) in [7, 11) is -1.07. The second-order valence-electron chi connectivity index (χ2n) is 5.88. The second-order valence-corrected chi connectivity index (χ2v) is 8.11. The lowest BCUT2D eigenvalue weighted by atomic mass is 10.0. The number of amides is 1. The van der Waals surface area contributed by atoms with Gasteiger partial charge in [0.25, 0.3) is 0 Å². The molecule has 1 atom stereocenters. The Bertz CT molecular complexity index is 432. The molecular weight excluding hydrogens is 278 g/mol. The number of hydrogen-bond donors (Lipinski definition) is 1. The Hall–Kier alpha value is -0.660. The van der Waals surface area contributed by atoms with Gasteiger partial charge in [0.15, 0.2) is 9.84 Å². The van der Waals surface area contributed by atoms with E-state index in [1.165, 1.54) is 0 Å². The summed E-state index contributed by atoms with van der Waals surface area (Å²) in [5.41, 5.74) is 0. The highest BCUT2D eigenvalue weighted by Crippen LogP contribution is 2.22. The van der Waals surface area contributed by atoms with Gasteiger partial charge in [-0.3, -0.25) is 9.69 Å². The summed E-state index contributed by atoms with van der Waals surface area (Å²) in [6.45, 7) is 5.70. The average Bonchev–Trinajstić information content (AvgIpc) is 2.76. The molecule has 2 aliphatic heterocycles. The summed E-state index contributed by atoms with van der Waals surface area (Å²) in [5, 5.41) is 3.30. The highest BCUT2D eigenvalue weighted by atomic mass is 32.2. The predicted octanol–water partition coefficient (Wildman–Crippen LogP) is -0.825. The van der Waals surface area contributed by atoms with Crippen molar-refractivity contribution >= 4 is 15.7 Å². The molecule has 116 valence electrons. The maximum absolute atomic E-state index is 12.1. The van der Waals surface area contributed by atoms with Gasteiger partial charge in [-0.05, 0) is 12.3 Å². The number of hydrogen-bond acceptors (Lipinski definition) is 5. The van der Waals surface area contributed by atoms with E-state index in [-0.39, 0.29) is 23.3 Å². The van der Waals surface area contributed by atoms with Crippen LogP contribution in [0.15, 0.2) is 0 Å². The van der Waals surface area contributed by atoms with Crippen molar-refractivity contribution in [2.45, 2.75) is 12.8 Å². The minimum Gasteiger partial charge on any atom is -0.344 e. The normalized spacial score (nSPS) is 26.6. The maximum atomic E-state index is 12.1. The number of carbonyl (C=O) groups excluding carboxylic acids is 1.